The molecule has 0 fully saturated rings. The lowest BCUT2D eigenvalue weighted by Gasteiger charge is -2.24. The fourth-order valence-electron chi connectivity index (χ4n) is 1.50. The van der Waals surface area contributed by atoms with Crippen LogP contribution in [0.4, 0.5) is 0 Å². The Hall–Kier alpha value is -0.950. The van der Waals surface area contributed by atoms with Crippen LogP contribution < -0.4 is 0 Å². The molecule has 0 saturated heterocycles. The molecule has 3 unspecified atom stereocenters. The lowest BCUT2D eigenvalue weighted by Crippen LogP contribution is -2.29. The molecule has 124 valence electrons. The molecule has 0 aromatic rings. The zero-order valence-electron chi connectivity index (χ0n) is 13.9. The first-order valence-electron chi connectivity index (χ1n) is 7.13. The molecule has 0 saturated carbocycles. The van der Waals surface area contributed by atoms with E-state index < -0.39 is 18.5 Å². The van der Waals surface area contributed by atoms with Crippen LogP contribution in [0.3, 0.4) is 0 Å². The third-order valence-corrected chi connectivity index (χ3v) is 2.25. The van der Waals surface area contributed by atoms with Gasteiger partial charge in [-0.25, -0.2) is 4.79 Å². The summed E-state index contributed by atoms with van der Waals surface area (Å²) < 4.78 is 26.7. The van der Waals surface area contributed by atoms with Crippen molar-refractivity contribution in [1.82, 2.24) is 0 Å². The van der Waals surface area contributed by atoms with Gasteiger partial charge in [0.1, 0.15) is 6.61 Å². The van der Waals surface area contributed by atoms with Crippen molar-refractivity contribution in [3.63, 3.8) is 0 Å². The maximum Gasteiger partial charge on any atom is 0.333 e. The monoisotopic (exact) mass is 304 g/mol. The van der Waals surface area contributed by atoms with Gasteiger partial charge in [0.05, 0.1) is 12.7 Å². The number of ether oxygens (including phenoxy) is 5. The Labute approximate surface area is 127 Å². The van der Waals surface area contributed by atoms with E-state index in [0.29, 0.717) is 5.57 Å². The Morgan fingerprint density at radius 3 is 1.95 bits per heavy atom. The highest BCUT2D eigenvalue weighted by Gasteiger charge is 2.14. The summed E-state index contributed by atoms with van der Waals surface area (Å²) in [6.45, 7) is 14.7. The first-order chi connectivity index (χ1) is 9.72. The average Bonchev–Trinajstić information content (AvgIpc) is 2.32. The van der Waals surface area contributed by atoms with Crippen LogP contribution in [0.15, 0.2) is 12.2 Å². The van der Waals surface area contributed by atoms with E-state index in [4.69, 9.17) is 23.7 Å². The van der Waals surface area contributed by atoms with Crippen LogP contribution in [-0.2, 0) is 28.5 Å². The first kappa shape index (κ1) is 20.1. The Balaban J connectivity index is 3.75. The summed E-state index contributed by atoms with van der Waals surface area (Å²) in [4.78, 5) is 11.1. The minimum absolute atomic E-state index is 0.0869. The summed E-state index contributed by atoms with van der Waals surface area (Å²) >= 11 is 0. The molecule has 0 aliphatic carbocycles. The van der Waals surface area contributed by atoms with Gasteiger partial charge < -0.3 is 23.7 Å². The molecule has 21 heavy (non-hydrogen) atoms. The molecule has 0 aliphatic heterocycles. The van der Waals surface area contributed by atoms with Gasteiger partial charge in [0.2, 0.25) is 0 Å². The zero-order chi connectivity index (χ0) is 16.4. The molecule has 0 amide bonds. The van der Waals surface area contributed by atoms with Gasteiger partial charge in [-0.15, -0.1) is 0 Å². The van der Waals surface area contributed by atoms with E-state index >= 15 is 0 Å². The molecule has 0 heterocycles. The highest BCUT2D eigenvalue weighted by atomic mass is 16.8. The summed E-state index contributed by atoms with van der Waals surface area (Å²) in [5, 5.41) is 0. The molecule has 0 radical (unpaired) electrons. The van der Waals surface area contributed by atoms with Crippen molar-refractivity contribution in [3.05, 3.63) is 12.2 Å². The van der Waals surface area contributed by atoms with Gasteiger partial charge in [-0.2, -0.15) is 0 Å². The number of esters is 1. The van der Waals surface area contributed by atoms with Crippen molar-refractivity contribution in [2.45, 2.75) is 66.5 Å². The van der Waals surface area contributed by atoms with Crippen LogP contribution >= 0.6 is 0 Å². The molecule has 3 atom stereocenters. The maximum atomic E-state index is 11.1. The normalized spacial score (nSPS) is 15.6. The van der Waals surface area contributed by atoms with Gasteiger partial charge in [0.15, 0.2) is 18.9 Å². The molecule has 0 rings (SSSR count). The lowest BCUT2D eigenvalue weighted by atomic mass is 10.4. The van der Waals surface area contributed by atoms with E-state index in [1.165, 1.54) is 0 Å². The second kappa shape index (κ2) is 10.7. The Morgan fingerprint density at radius 1 is 0.905 bits per heavy atom. The molecule has 0 aromatic carbocycles. The van der Waals surface area contributed by atoms with Gasteiger partial charge in [-0.1, -0.05) is 6.58 Å². The zero-order valence-corrected chi connectivity index (χ0v) is 13.9. The number of hydrogen-bond donors (Lipinski definition) is 0. The SMILES string of the molecule is C=C(C)C(=O)OCCOC(C)OC(C)OC(C)OC(C)C. The Bertz CT molecular complexity index is 315. The van der Waals surface area contributed by atoms with Gasteiger partial charge in [0, 0.05) is 5.57 Å². The van der Waals surface area contributed by atoms with E-state index in [9.17, 15) is 4.79 Å². The van der Waals surface area contributed by atoms with Crippen molar-refractivity contribution in [2.24, 2.45) is 0 Å². The highest BCUT2D eigenvalue weighted by Crippen LogP contribution is 2.07. The summed E-state index contributed by atoms with van der Waals surface area (Å²) in [7, 11) is 0. The molecular formula is C15H28O6. The Kier molecular flexibility index (Phi) is 10.2. The molecule has 6 nitrogen and oxygen atoms in total. The van der Waals surface area contributed by atoms with Crippen molar-refractivity contribution in [2.75, 3.05) is 13.2 Å². The minimum atomic E-state index is -0.477. The predicted octanol–water partition coefficient (Wildman–Crippen LogP) is 2.62. The first-order valence-corrected chi connectivity index (χ1v) is 7.13. The summed E-state index contributed by atoms with van der Waals surface area (Å²) in [6, 6.07) is 0. The maximum absolute atomic E-state index is 11.1. The van der Waals surface area contributed by atoms with Crippen LogP contribution in [-0.4, -0.2) is 44.2 Å². The average molecular weight is 304 g/mol. The summed E-state index contributed by atoms with van der Waals surface area (Å²) in [5.41, 5.74) is 0.362. The van der Waals surface area contributed by atoms with Crippen molar-refractivity contribution in [3.8, 4) is 0 Å². The molecule has 6 heteroatoms. The van der Waals surface area contributed by atoms with E-state index in [2.05, 4.69) is 6.58 Å². The second-order valence-corrected chi connectivity index (χ2v) is 4.95. The van der Waals surface area contributed by atoms with Crippen LogP contribution in [0.5, 0.6) is 0 Å². The standard InChI is InChI=1S/C15H28O6/c1-10(2)15(16)18-9-8-17-12(5)20-14(7)21-13(6)19-11(3)4/h11-14H,1,8-9H2,2-7H3. The minimum Gasteiger partial charge on any atom is -0.460 e. The van der Waals surface area contributed by atoms with Gasteiger partial charge >= 0.3 is 5.97 Å². The predicted molar refractivity (Wildman–Crippen MR) is 78.5 cm³/mol. The van der Waals surface area contributed by atoms with Crippen molar-refractivity contribution < 1.29 is 28.5 Å². The summed E-state index contributed by atoms with van der Waals surface area (Å²) in [6.07, 6.45) is -1.21. The largest absolute Gasteiger partial charge is 0.460 e. The van der Waals surface area contributed by atoms with Crippen LogP contribution in [0, 0.1) is 0 Å². The van der Waals surface area contributed by atoms with E-state index in [1.54, 1.807) is 20.8 Å². The van der Waals surface area contributed by atoms with Gasteiger partial charge in [0.25, 0.3) is 0 Å². The van der Waals surface area contributed by atoms with Crippen molar-refractivity contribution >= 4 is 5.97 Å². The molecule has 0 spiro atoms. The fourth-order valence-corrected chi connectivity index (χ4v) is 1.50. The fraction of sp³-hybridized carbons (Fsp3) is 0.800. The molecular weight excluding hydrogens is 276 g/mol. The highest BCUT2D eigenvalue weighted by molar-refractivity contribution is 5.86. The van der Waals surface area contributed by atoms with E-state index in [0.717, 1.165) is 0 Å². The second-order valence-electron chi connectivity index (χ2n) is 4.95. The molecule has 0 bridgehead atoms. The molecule has 0 aliphatic rings. The number of hydrogen-bond acceptors (Lipinski definition) is 6. The third kappa shape index (κ3) is 11.4. The van der Waals surface area contributed by atoms with Gasteiger partial charge in [-0.3, -0.25) is 0 Å². The Morgan fingerprint density at radius 2 is 1.43 bits per heavy atom. The number of rotatable bonds is 11. The van der Waals surface area contributed by atoms with Crippen molar-refractivity contribution in [1.29, 1.82) is 0 Å². The third-order valence-electron chi connectivity index (χ3n) is 2.25. The quantitative estimate of drug-likeness (QED) is 0.253. The summed E-state index contributed by atoms with van der Waals surface area (Å²) in [5.74, 6) is -0.427. The van der Waals surface area contributed by atoms with E-state index in [1.807, 2.05) is 20.8 Å². The lowest BCUT2D eigenvalue weighted by molar-refractivity contribution is -0.285. The molecule has 0 aromatic heterocycles. The molecule has 0 N–H and O–H groups in total. The van der Waals surface area contributed by atoms with Crippen LogP contribution in [0.25, 0.3) is 0 Å². The van der Waals surface area contributed by atoms with Crippen LogP contribution in [0.2, 0.25) is 0 Å². The number of carbonyl (C=O) groups is 1. The van der Waals surface area contributed by atoms with Gasteiger partial charge in [-0.05, 0) is 41.5 Å². The topological polar surface area (TPSA) is 63.2 Å². The number of carbonyl (C=O) groups excluding carboxylic acids is 1. The van der Waals surface area contributed by atoms with Crippen LogP contribution in [0.1, 0.15) is 41.5 Å². The van der Waals surface area contributed by atoms with E-state index in [-0.39, 0.29) is 25.6 Å². The smallest absolute Gasteiger partial charge is 0.333 e.